The van der Waals surface area contributed by atoms with Gasteiger partial charge in [0.1, 0.15) is 12.2 Å². The molecule has 0 bridgehead atoms. The van der Waals surface area contributed by atoms with Gasteiger partial charge in [0.15, 0.2) is 0 Å². The highest BCUT2D eigenvalue weighted by Gasteiger charge is 2.22. The molecule has 0 radical (unpaired) electrons. The number of amides is 1. The van der Waals surface area contributed by atoms with Gasteiger partial charge in [0.25, 0.3) is 0 Å². The summed E-state index contributed by atoms with van der Waals surface area (Å²) in [6.07, 6.45) is -0.566. The Morgan fingerprint density at radius 3 is 2.69 bits per heavy atom. The maximum Gasteiger partial charge on any atom is 0.216 e. The summed E-state index contributed by atoms with van der Waals surface area (Å²) in [7, 11) is 1.76. The minimum absolute atomic E-state index is 0.0187. The maximum absolute atomic E-state index is 10.7. The Kier molecular flexibility index (Phi) is 4.03. The number of aromatic nitrogens is 2. The molecular formula is C10H17N3O3. The molecule has 6 nitrogen and oxygen atoms in total. The number of rotatable bonds is 4. The Balaban J connectivity index is 2.66. The summed E-state index contributed by atoms with van der Waals surface area (Å²) >= 11 is 0. The molecule has 0 fully saturated rings. The average Bonchev–Trinajstić information content (AvgIpc) is 2.55. The molecule has 90 valence electrons. The topological polar surface area (TPSA) is 87.4 Å². The molecule has 1 heterocycles. The van der Waals surface area contributed by atoms with E-state index in [0.717, 1.165) is 5.69 Å². The summed E-state index contributed by atoms with van der Waals surface area (Å²) in [6.45, 7) is 3.18. The Morgan fingerprint density at radius 1 is 1.62 bits per heavy atom. The molecule has 16 heavy (non-hydrogen) atoms. The van der Waals surface area contributed by atoms with Crippen LogP contribution < -0.4 is 5.32 Å². The summed E-state index contributed by atoms with van der Waals surface area (Å²) in [5, 5.41) is 25.9. The van der Waals surface area contributed by atoms with Gasteiger partial charge in [0.2, 0.25) is 5.91 Å². The number of nitrogens with one attached hydrogen (secondary N) is 1. The highest BCUT2D eigenvalue weighted by atomic mass is 16.3. The number of carbonyl (C=O) groups excluding carboxylic acids is 1. The molecule has 0 aliphatic rings. The smallest absolute Gasteiger partial charge is 0.216 e. The van der Waals surface area contributed by atoms with E-state index in [1.54, 1.807) is 18.7 Å². The lowest BCUT2D eigenvalue weighted by atomic mass is 10.1. The predicted octanol–water partition coefficient (Wildman–Crippen LogP) is -0.741. The molecule has 0 saturated heterocycles. The summed E-state index contributed by atoms with van der Waals surface area (Å²) in [5.41, 5.74) is 1.36. The lowest BCUT2D eigenvalue weighted by Gasteiger charge is -2.17. The molecule has 0 aromatic carbocycles. The van der Waals surface area contributed by atoms with E-state index in [1.807, 2.05) is 0 Å². The third kappa shape index (κ3) is 2.80. The maximum atomic E-state index is 10.7. The van der Waals surface area contributed by atoms with Gasteiger partial charge in [-0.15, -0.1) is 0 Å². The Morgan fingerprint density at radius 2 is 2.25 bits per heavy atom. The molecule has 1 rings (SSSR count). The van der Waals surface area contributed by atoms with Crippen LogP contribution in [0.5, 0.6) is 0 Å². The SMILES string of the molecule is CC(=O)NCC(O)C(O)c1cnn(C)c1C. The van der Waals surface area contributed by atoms with Gasteiger partial charge in [-0.1, -0.05) is 0 Å². The van der Waals surface area contributed by atoms with Gasteiger partial charge in [0.05, 0.1) is 6.20 Å². The van der Waals surface area contributed by atoms with Gasteiger partial charge in [-0.2, -0.15) is 5.10 Å². The third-order valence-electron chi connectivity index (χ3n) is 2.52. The molecular weight excluding hydrogens is 210 g/mol. The number of aliphatic hydroxyl groups is 2. The van der Waals surface area contributed by atoms with Crippen LogP contribution in [-0.2, 0) is 11.8 Å². The molecule has 1 amide bonds. The molecule has 6 heteroatoms. The second-order valence-electron chi connectivity index (χ2n) is 3.76. The standard InChI is InChI=1S/C10H17N3O3/c1-6-8(4-12-13(6)3)10(16)9(15)5-11-7(2)14/h4,9-10,15-16H,5H2,1-3H3,(H,11,14). The highest BCUT2D eigenvalue weighted by molar-refractivity contribution is 5.72. The first kappa shape index (κ1) is 12.7. The number of carbonyl (C=O) groups is 1. The molecule has 0 aliphatic carbocycles. The van der Waals surface area contributed by atoms with Crippen molar-refractivity contribution in [1.82, 2.24) is 15.1 Å². The van der Waals surface area contributed by atoms with E-state index >= 15 is 0 Å². The zero-order valence-corrected chi connectivity index (χ0v) is 9.64. The second kappa shape index (κ2) is 5.09. The van der Waals surface area contributed by atoms with Crippen LogP contribution in [-0.4, -0.2) is 38.5 Å². The molecule has 0 spiro atoms. The van der Waals surface area contributed by atoms with Crippen molar-refractivity contribution in [3.8, 4) is 0 Å². The van der Waals surface area contributed by atoms with Gasteiger partial charge in [-0.3, -0.25) is 9.48 Å². The molecule has 2 unspecified atom stereocenters. The van der Waals surface area contributed by atoms with Gasteiger partial charge in [-0.25, -0.2) is 0 Å². The first-order chi connectivity index (χ1) is 7.43. The van der Waals surface area contributed by atoms with Crippen LogP contribution >= 0.6 is 0 Å². The van der Waals surface area contributed by atoms with Crippen LogP contribution in [0.1, 0.15) is 24.3 Å². The fourth-order valence-electron chi connectivity index (χ4n) is 1.37. The zero-order valence-electron chi connectivity index (χ0n) is 9.64. The van der Waals surface area contributed by atoms with Crippen molar-refractivity contribution in [3.05, 3.63) is 17.5 Å². The number of aryl methyl sites for hydroxylation is 1. The number of hydrogen-bond acceptors (Lipinski definition) is 4. The first-order valence-corrected chi connectivity index (χ1v) is 5.02. The van der Waals surface area contributed by atoms with E-state index in [-0.39, 0.29) is 12.5 Å². The van der Waals surface area contributed by atoms with E-state index in [1.165, 1.54) is 13.1 Å². The van der Waals surface area contributed by atoms with Crippen LogP contribution in [0, 0.1) is 6.92 Å². The second-order valence-corrected chi connectivity index (χ2v) is 3.76. The lowest BCUT2D eigenvalue weighted by Crippen LogP contribution is -2.34. The number of nitrogens with zero attached hydrogens (tertiary/aromatic N) is 2. The van der Waals surface area contributed by atoms with Gasteiger partial charge in [-0.05, 0) is 6.92 Å². The molecule has 3 N–H and O–H groups in total. The largest absolute Gasteiger partial charge is 0.388 e. The monoisotopic (exact) mass is 227 g/mol. The highest BCUT2D eigenvalue weighted by Crippen LogP contribution is 2.19. The average molecular weight is 227 g/mol. The Labute approximate surface area is 93.9 Å². The van der Waals surface area contributed by atoms with Crippen molar-refractivity contribution < 1.29 is 15.0 Å². The van der Waals surface area contributed by atoms with Gasteiger partial charge >= 0.3 is 0 Å². The molecule has 1 aromatic rings. The van der Waals surface area contributed by atoms with Crippen molar-refractivity contribution in [1.29, 1.82) is 0 Å². The summed E-state index contributed by atoms with van der Waals surface area (Å²) in [4.78, 5) is 10.7. The van der Waals surface area contributed by atoms with Crippen molar-refractivity contribution in [3.63, 3.8) is 0 Å². The van der Waals surface area contributed by atoms with E-state index < -0.39 is 12.2 Å². The van der Waals surface area contributed by atoms with Gasteiger partial charge < -0.3 is 15.5 Å². The van der Waals surface area contributed by atoms with Crippen molar-refractivity contribution >= 4 is 5.91 Å². The molecule has 0 aliphatic heterocycles. The third-order valence-corrected chi connectivity index (χ3v) is 2.52. The van der Waals surface area contributed by atoms with Crippen LogP contribution in [0.3, 0.4) is 0 Å². The normalized spacial score (nSPS) is 14.6. The minimum Gasteiger partial charge on any atom is -0.388 e. The fraction of sp³-hybridized carbons (Fsp3) is 0.600. The van der Waals surface area contributed by atoms with Crippen LogP contribution in [0.25, 0.3) is 0 Å². The number of hydrogen-bond donors (Lipinski definition) is 3. The van der Waals surface area contributed by atoms with E-state index in [0.29, 0.717) is 5.56 Å². The Bertz CT molecular complexity index is 375. The van der Waals surface area contributed by atoms with Crippen LogP contribution in [0.4, 0.5) is 0 Å². The van der Waals surface area contributed by atoms with E-state index in [4.69, 9.17) is 0 Å². The van der Waals surface area contributed by atoms with Crippen LogP contribution in [0.15, 0.2) is 6.20 Å². The summed E-state index contributed by atoms with van der Waals surface area (Å²) < 4.78 is 1.61. The first-order valence-electron chi connectivity index (χ1n) is 5.02. The van der Waals surface area contributed by atoms with Crippen molar-refractivity contribution in [2.45, 2.75) is 26.1 Å². The Hall–Kier alpha value is -1.40. The number of aliphatic hydroxyl groups excluding tert-OH is 2. The molecule has 2 atom stereocenters. The summed E-state index contributed by atoms with van der Waals surface area (Å²) in [5.74, 6) is -0.242. The zero-order chi connectivity index (χ0) is 12.3. The van der Waals surface area contributed by atoms with Crippen LogP contribution in [0.2, 0.25) is 0 Å². The molecule has 0 saturated carbocycles. The predicted molar refractivity (Wildman–Crippen MR) is 57.6 cm³/mol. The van der Waals surface area contributed by atoms with E-state index in [9.17, 15) is 15.0 Å². The van der Waals surface area contributed by atoms with Gasteiger partial charge in [0, 0.05) is 31.8 Å². The minimum atomic E-state index is -1.04. The summed E-state index contributed by atoms with van der Waals surface area (Å²) in [6, 6.07) is 0. The van der Waals surface area contributed by atoms with Crippen molar-refractivity contribution in [2.75, 3.05) is 6.54 Å². The van der Waals surface area contributed by atoms with E-state index in [2.05, 4.69) is 10.4 Å². The fourth-order valence-corrected chi connectivity index (χ4v) is 1.37. The quantitative estimate of drug-likeness (QED) is 0.632. The van der Waals surface area contributed by atoms with Crippen molar-refractivity contribution in [2.24, 2.45) is 7.05 Å². The lowest BCUT2D eigenvalue weighted by molar-refractivity contribution is -0.119. The molecule has 1 aromatic heterocycles.